The Hall–Kier alpha value is -1.87. The fraction of sp³-hybridized carbons (Fsp3) is 0. The van der Waals surface area contributed by atoms with Crippen LogP contribution in [-0.4, -0.2) is 12.2 Å². The lowest BCUT2D eigenvalue weighted by Crippen LogP contribution is -2.14. The second kappa shape index (κ2) is 4.33. The average molecular weight is 234 g/mol. The third-order valence-electron chi connectivity index (χ3n) is 2.42. The Kier molecular flexibility index (Phi) is 2.88. The zero-order valence-electron chi connectivity index (χ0n) is 8.24. The molecule has 0 unspecified atom stereocenters. The number of carbonyl (C=O) groups is 2. The van der Waals surface area contributed by atoms with Gasteiger partial charge in [0, 0.05) is 17.3 Å². The van der Waals surface area contributed by atoms with Crippen LogP contribution in [-0.2, 0) is 0 Å². The minimum atomic E-state index is -0.477. The zero-order chi connectivity index (χ0) is 11.5. The highest BCUT2D eigenvalue weighted by Crippen LogP contribution is 2.21. The molecule has 16 heavy (non-hydrogen) atoms. The van der Waals surface area contributed by atoms with E-state index in [-0.39, 0.29) is 5.56 Å². The molecule has 0 aliphatic heterocycles. The minimum Gasteiger partial charge on any atom is -0.298 e. The summed E-state index contributed by atoms with van der Waals surface area (Å²) in [6, 6.07) is 10.7. The third kappa shape index (κ3) is 1.66. The molecule has 2 aromatic rings. The standard InChI is InChI=1S/C12H8ClNO2/c13-14-12(16)10-6-5-8-3-1-2-4-9(8)11(10)7-15/h1-7H,(H,14,16). The van der Waals surface area contributed by atoms with Crippen molar-refractivity contribution < 1.29 is 9.59 Å². The number of nitrogens with one attached hydrogen (secondary N) is 1. The van der Waals surface area contributed by atoms with Crippen molar-refractivity contribution in [2.45, 2.75) is 0 Å². The summed E-state index contributed by atoms with van der Waals surface area (Å²) in [4.78, 5) is 24.5. The van der Waals surface area contributed by atoms with Crippen molar-refractivity contribution in [2.75, 3.05) is 0 Å². The van der Waals surface area contributed by atoms with Crippen molar-refractivity contribution in [3.05, 3.63) is 47.5 Å². The Morgan fingerprint density at radius 3 is 2.62 bits per heavy atom. The molecule has 0 spiro atoms. The number of fused-ring (bicyclic) bond motifs is 1. The summed E-state index contributed by atoms with van der Waals surface area (Å²) in [7, 11) is 0. The smallest absolute Gasteiger partial charge is 0.266 e. The van der Waals surface area contributed by atoms with Gasteiger partial charge >= 0.3 is 0 Å². The summed E-state index contributed by atoms with van der Waals surface area (Å²) in [6.07, 6.45) is 0.670. The average Bonchev–Trinajstić information content (AvgIpc) is 2.36. The van der Waals surface area contributed by atoms with Crippen LogP contribution >= 0.6 is 11.8 Å². The van der Waals surface area contributed by atoms with Crippen LogP contribution in [0, 0.1) is 0 Å². The first-order valence-corrected chi connectivity index (χ1v) is 5.03. The van der Waals surface area contributed by atoms with E-state index in [0.717, 1.165) is 10.8 Å². The van der Waals surface area contributed by atoms with Crippen LogP contribution in [0.25, 0.3) is 10.8 Å². The van der Waals surface area contributed by atoms with Gasteiger partial charge in [0.15, 0.2) is 6.29 Å². The first kappa shape index (κ1) is 10.6. The van der Waals surface area contributed by atoms with Gasteiger partial charge in [-0.1, -0.05) is 30.3 Å². The quantitative estimate of drug-likeness (QED) is 0.640. The van der Waals surface area contributed by atoms with Crippen molar-refractivity contribution >= 4 is 34.7 Å². The summed E-state index contributed by atoms with van der Waals surface area (Å²) >= 11 is 5.25. The second-order valence-corrected chi connectivity index (χ2v) is 3.48. The van der Waals surface area contributed by atoms with E-state index in [4.69, 9.17) is 11.8 Å². The molecular formula is C12H8ClNO2. The summed E-state index contributed by atoms with van der Waals surface area (Å²) in [6.45, 7) is 0. The highest BCUT2D eigenvalue weighted by molar-refractivity contribution is 6.25. The fourth-order valence-electron chi connectivity index (χ4n) is 1.67. The molecular weight excluding hydrogens is 226 g/mol. The molecule has 0 saturated carbocycles. The predicted octanol–water partition coefficient (Wildman–Crippen LogP) is 2.54. The number of hydrogen-bond donors (Lipinski definition) is 1. The van der Waals surface area contributed by atoms with Crippen molar-refractivity contribution in [1.29, 1.82) is 0 Å². The van der Waals surface area contributed by atoms with Gasteiger partial charge in [-0.2, -0.15) is 0 Å². The molecule has 4 heteroatoms. The fourth-order valence-corrected chi connectivity index (χ4v) is 1.77. The van der Waals surface area contributed by atoms with E-state index in [1.807, 2.05) is 23.0 Å². The van der Waals surface area contributed by atoms with E-state index < -0.39 is 5.91 Å². The molecule has 0 aromatic heterocycles. The van der Waals surface area contributed by atoms with E-state index >= 15 is 0 Å². The Bertz CT molecular complexity index is 566. The summed E-state index contributed by atoms with van der Waals surface area (Å²) in [5.41, 5.74) is 0.639. The predicted molar refractivity (Wildman–Crippen MR) is 62.7 cm³/mol. The lowest BCUT2D eigenvalue weighted by molar-refractivity contribution is 0.0975. The van der Waals surface area contributed by atoms with Crippen molar-refractivity contribution in [3.8, 4) is 0 Å². The third-order valence-corrected chi connectivity index (χ3v) is 2.59. The molecule has 0 saturated heterocycles. The van der Waals surface area contributed by atoms with Gasteiger partial charge in [-0.25, -0.2) is 0 Å². The van der Waals surface area contributed by atoms with E-state index in [1.54, 1.807) is 18.2 Å². The topological polar surface area (TPSA) is 46.2 Å². The van der Waals surface area contributed by atoms with E-state index in [0.29, 0.717) is 11.8 Å². The van der Waals surface area contributed by atoms with Gasteiger partial charge in [0.25, 0.3) is 5.91 Å². The van der Waals surface area contributed by atoms with Crippen LogP contribution in [0.2, 0.25) is 0 Å². The number of halogens is 1. The molecule has 80 valence electrons. The Morgan fingerprint density at radius 2 is 1.94 bits per heavy atom. The zero-order valence-corrected chi connectivity index (χ0v) is 8.99. The van der Waals surface area contributed by atoms with Crippen molar-refractivity contribution in [2.24, 2.45) is 0 Å². The van der Waals surface area contributed by atoms with Crippen LogP contribution in [0.3, 0.4) is 0 Å². The number of rotatable bonds is 2. The number of aldehydes is 1. The number of amides is 1. The van der Waals surface area contributed by atoms with Crippen LogP contribution in [0.4, 0.5) is 0 Å². The van der Waals surface area contributed by atoms with Crippen LogP contribution in [0.5, 0.6) is 0 Å². The van der Waals surface area contributed by atoms with E-state index in [1.165, 1.54) is 0 Å². The lowest BCUT2D eigenvalue weighted by Gasteiger charge is -2.06. The van der Waals surface area contributed by atoms with Crippen LogP contribution in [0.15, 0.2) is 36.4 Å². The van der Waals surface area contributed by atoms with Gasteiger partial charge < -0.3 is 0 Å². The Balaban J connectivity index is 2.77. The monoisotopic (exact) mass is 233 g/mol. The molecule has 2 rings (SSSR count). The molecule has 0 heterocycles. The Morgan fingerprint density at radius 1 is 1.19 bits per heavy atom. The molecule has 3 nitrogen and oxygen atoms in total. The molecule has 0 aliphatic rings. The maximum Gasteiger partial charge on any atom is 0.266 e. The molecule has 1 N–H and O–H groups in total. The van der Waals surface area contributed by atoms with Gasteiger partial charge in [-0.05, 0) is 16.8 Å². The first-order valence-electron chi connectivity index (χ1n) is 4.66. The molecule has 2 aromatic carbocycles. The molecule has 0 bridgehead atoms. The summed E-state index contributed by atoms with van der Waals surface area (Å²) < 4.78 is 0. The normalized spacial score (nSPS) is 10.1. The second-order valence-electron chi connectivity index (χ2n) is 3.29. The largest absolute Gasteiger partial charge is 0.298 e. The van der Waals surface area contributed by atoms with Gasteiger partial charge in [0.1, 0.15) is 0 Å². The van der Waals surface area contributed by atoms with Crippen LogP contribution in [0.1, 0.15) is 20.7 Å². The summed E-state index contributed by atoms with van der Waals surface area (Å²) in [5, 5.41) is 1.66. The van der Waals surface area contributed by atoms with Crippen molar-refractivity contribution in [3.63, 3.8) is 0 Å². The Labute approximate surface area is 97.1 Å². The lowest BCUT2D eigenvalue weighted by atomic mass is 9.99. The maximum atomic E-state index is 11.4. The van der Waals surface area contributed by atoms with Gasteiger partial charge in [-0.3, -0.25) is 14.4 Å². The molecule has 0 atom stereocenters. The number of hydrogen-bond acceptors (Lipinski definition) is 2. The SMILES string of the molecule is O=Cc1c(C(=O)NCl)ccc2ccccc12. The van der Waals surface area contributed by atoms with Gasteiger partial charge in [0.05, 0.1) is 5.56 Å². The van der Waals surface area contributed by atoms with E-state index in [2.05, 4.69) is 0 Å². The molecule has 0 radical (unpaired) electrons. The van der Waals surface area contributed by atoms with Gasteiger partial charge in [0.2, 0.25) is 0 Å². The highest BCUT2D eigenvalue weighted by Gasteiger charge is 2.12. The van der Waals surface area contributed by atoms with Crippen LogP contribution < -0.4 is 4.84 Å². The first-order chi connectivity index (χ1) is 7.77. The van der Waals surface area contributed by atoms with Gasteiger partial charge in [-0.15, -0.1) is 0 Å². The highest BCUT2D eigenvalue weighted by atomic mass is 35.5. The molecule has 1 amide bonds. The van der Waals surface area contributed by atoms with E-state index in [9.17, 15) is 9.59 Å². The number of carbonyl (C=O) groups excluding carboxylic acids is 2. The van der Waals surface area contributed by atoms with Crippen molar-refractivity contribution in [1.82, 2.24) is 4.84 Å². The molecule has 0 aliphatic carbocycles. The maximum absolute atomic E-state index is 11.4. The molecule has 0 fully saturated rings. The minimum absolute atomic E-state index is 0.281. The summed E-state index contributed by atoms with van der Waals surface area (Å²) in [5.74, 6) is -0.477. The number of benzene rings is 2.